The van der Waals surface area contributed by atoms with Gasteiger partial charge in [-0.15, -0.1) is 0 Å². The average molecular weight is 1130 g/mol. The molecule has 5 amide bonds. The summed E-state index contributed by atoms with van der Waals surface area (Å²) in [5.41, 5.74) is 3.19. The zero-order valence-corrected chi connectivity index (χ0v) is 47.1. The van der Waals surface area contributed by atoms with Gasteiger partial charge in [-0.3, -0.25) is 33.4 Å². The summed E-state index contributed by atoms with van der Waals surface area (Å²) >= 11 is 0. The van der Waals surface area contributed by atoms with Gasteiger partial charge in [0.25, 0.3) is 21.9 Å². The highest BCUT2D eigenvalue weighted by atomic mass is 32.2. The molecule has 0 spiro atoms. The number of aliphatic carboxylic acids is 1. The van der Waals surface area contributed by atoms with E-state index in [1.807, 2.05) is 55.4 Å². The number of nitrogens with one attached hydrogen (secondary N) is 6. The number of rotatable bonds is 27. The first kappa shape index (κ1) is 60.7. The van der Waals surface area contributed by atoms with Gasteiger partial charge in [-0.25, -0.2) is 4.79 Å². The summed E-state index contributed by atoms with van der Waals surface area (Å²) in [7, 11) is -0.590. The Hall–Kier alpha value is -7.95. The Morgan fingerprint density at radius 2 is 1.31 bits per heavy atom. The van der Waals surface area contributed by atoms with Gasteiger partial charge in [0.15, 0.2) is 0 Å². The largest absolute Gasteiger partial charge is 0.480 e. The number of carbonyl (C=O) groups is 6. The van der Waals surface area contributed by atoms with E-state index in [-0.39, 0.29) is 49.7 Å². The van der Waals surface area contributed by atoms with E-state index in [1.54, 1.807) is 60.7 Å². The molecule has 0 aromatic heterocycles. The molecule has 8 N–H and O–H groups in total. The highest BCUT2D eigenvalue weighted by Crippen LogP contribution is 2.31. The van der Waals surface area contributed by atoms with E-state index < -0.39 is 57.3 Å². The third-order valence-electron chi connectivity index (χ3n) is 14.7. The van der Waals surface area contributed by atoms with Gasteiger partial charge in [0.05, 0.1) is 11.4 Å². The Labute approximate surface area is 473 Å². The highest BCUT2D eigenvalue weighted by Gasteiger charge is 2.43. The zero-order chi connectivity index (χ0) is 57.9. The van der Waals surface area contributed by atoms with Crippen LogP contribution in [0.4, 0.5) is 28.4 Å². The molecule has 2 aliphatic rings. The Morgan fingerprint density at radius 1 is 0.679 bits per heavy atom. The second kappa shape index (κ2) is 29.0. The molecule has 81 heavy (non-hydrogen) atoms. The molecule has 0 unspecified atom stereocenters. The summed E-state index contributed by atoms with van der Waals surface area (Å²) in [6.07, 6.45) is 3.95. The van der Waals surface area contributed by atoms with Gasteiger partial charge in [0, 0.05) is 105 Å². The molecular formula is C59H75N11O10S. The quantitative estimate of drug-likeness (QED) is 0.0147. The van der Waals surface area contributed by atoms with Crippen LogP contribution in [0, 0.1) is 0 Å². The summed E-state index contributed by atoms with van der Waals surface area (Å²) in [4.78, 5) is 88.3. The molecule has 1 aliphatic heterocycles. The van der Waals surface area contributed by atoms with Crippen LogP contribution in [0.1, 0.15) is 98.3 Å². The molecule has 1 aliphatic carbocycles. The molecule has 5 aromatic rings. The van der Waals surface area contributed by atoms with Crippen molar-refractivity contribution in [3.05, 3.63) is 120 Å². The number of fused-ring (bicyclic) bond motifs is 1. The minimum atomic E-state index is -4.49. The number of nitrogens with zero attached hydrogens (tertiary/aromatic N) is 5. The van der Waals surface area contributed by atoms with E-state index >= 15 is 0 Å². The highest BCUT2D eigenvalue weighted by molar-refractivity contribution is 7.86. The molecule has 432 valence electrons. The van der Waals surface area contributed by atoms with E-state index in [2.05, 4.69) is 58.9 Å². The predicted molar refractivity (Wildman–Crippen MR) is 312 cm³/mol. The third kappa shape index (κ3) is 17.3. The molecule has 5 aromatic carbocycles. The molecule has 2 fully saturated rings. The lowest BCUT2D eigenvalue weighted by atomic mass is 9.80. The van der Waals surface area contributed by atoms with E-state index in [0.717, 1.165) is 56.9 Å². The van der Waals surface area contributed by atoms with Crippen molar-refractivity contribution >= 4 is 84.8 Å². The van der Waals surface area contributed by atoms with Crippen molar-refractivity contribution in [3.63, 3.8) is 0 Å². The van der Waals surface area contributed by atoms with Gasteiger partial charge < -0.3 is 46.8 Å². The maximum Gasteiger partial charge on any atom is 0.326 e. The number of amides is 5. The van der Waals surface area contributed by atoms with Gasteiger partial charge in [0.1, 0.15) is 22.5 Å². The Balaban J connectivity index is 0.961. The molecule has 22 heteroatoms. The van der Waals surface area contributed by atoms with Crippen LogP contribution in [0.5, 0.6) is 0 Å². The summed E-state index contributed by atoms with van der Waals surface area (Å²) in [5.74, 6) is -4.02. The van der Waals surface area contributed by atoms with Gasteiger partial charge in [-0.2, -0.15) is 18.6 Å². The Bertz CT molecular complexity index is 3110. The topological polar surface area (TPSA) is 284 Å². The molecule has 0 radical (unpaired) electrons. The number of anilines is 3. The Morgan fingerprint density at radius 3 is 1.95 bits per heavy atom. The van der Waals surface area contributed by atoms with Crippen molar-refractivity contribution in [1.29, 1.82) is 0 Å². The fraction of sp³-hybridized carbons (Fsp3) is 0.424. The zero-order valence-electron chi connectivity index (χ0n) is 46.3. The van der Waals surface area contributed by atoms with Crippen LogP contribution in [0.3, 0.4) is 0 Å². The first-order valence-electron chi connectivity index (χ1n) is 27.7. The number of hydrogen-bond donors (Lipinski definition) is 8. The Kier molecular flexibility index (Phi) is 21.7. The molecule has 1 heterocycles. The summed E-state index contributed by atoms with van der Waals surface area (Å²) in [6, 6.07) is 28.2. The lowest BCUT2D eigenvalue weighted by Gasteiger charge is -2.38. The molecule has 1 saturated heterocycles. The van der Waals surface area contributed by atoms with E-state index in [9.17, 15) is 46.8 Å². The molecule has 1 saturated carbocycles. The second-order valence-corrected chi connectivity index (χ2v) is 22.1. The van der Waals surface area contributed by atoms with Crippen LogP contribution in [-0.2, 0) is 29.3 Å². The van der Waals surface area contributed by atoms with Crippen LogP contribution in [0.2, 0.25) is 0 Å². The van der Waals surface area contributed by atoms with Gasteiger partial charge in [0.2, 0.25) is 17.7 Å². The predicted octanol–water partition coefficient (Wildman–Crippen LogP) is 7.20. The van der Waals surface area contributed by atoms with Crippen molar-refractivity contribution in [2.24, 2.45) is 10.2 Å². The van der Waals surface area contributed by atoms with Gasteiger partial charge in [-0.1, -0.05) is 50.5 Å². The third-order valence-corrected chi connectivity index (χ3v) is 15.6. The average Bonchev–Trinajstić information content (AvgIpc) is 3.47. The number of azo groups is 1. The van der Waals surface area contributed by atoms with Gasteiger partial charge >= 0.3 is 5.97 Å². The number of carboxylic acid groups (broad SMARTS) is 1. The van der Waals surface area contributed by atoms with Crippen molar-refractivity contribution in [3.8, 4) is 0 Å². The van der Waals surface area contributed by atoms with Crippen LogP contribution in [0.15, 0.2) is 124 Å². The van der Waals surface area contributed by atoms with Gasteiger partial charge in [-0.05, 0) is 136 Å². The fourth-order valence-electron chi connectivity index (χ4n) is 10.1. The van der Waals surface area contributed by atoms with Crippen molar-refractivity contribution in [2.75, 3.05) is 81.6 Å². The number of benzene rings is 5. The molecule has 0 bridgehead atoms. The number of carboxylic acids is 1. The van der Waals surface area contributed by atoms with E-state index in [4.69, 9.17) is 0 Å². The molecular weight excluding hydrogens is 1050 g/mol. The van der Waals surface area contributed by atoms with Crippen LogP contribution < -0.4 is 41.7 Å². The molecule has 21 nitrogen and oxygen atoms in total. The van der Waals surface area contributed by atoms with E-state index in [1.165, 1.54) is 12.1 Å². The summed E-state index contributed by atoms with van der Waals surface area (Å²) < 4.78 is 33.8. The minimum absolute atomic E-state index is 0.00958. The molecule has 2 atom stereocenters. The second-order valence-electron chi connectivity index (χ2n) is 20.8. The lowest BCUT2D eigenvalue weighted by molar-refractivity contribution is -0.142. The van der Waals surface area contributed by atoms with Crippen molar-refractivity contribution in [1.82, 2.24) is 31.5 Å². The lowest BCUT2D eigenvalue weighted by Crippen LogP contribution is -2.63. The normalized spacial score (nSPS) is 15.3. The summed E-state index contributed by atoms with van der Waals surface area (Å²) in [6.45, 7) is 7.40. The molecule has 7 rings (SSSR count). The number of carbonyl (C=O) groups excluding carboxylic acids is 5. The number of piperazine rings is 1. The smallest absolute Gasteiger partial charge is 0.326 e. The number of hydrogen-bond acceptors (Lipinski definition) is 14. The SMILES string of the molecule is CCCN1CCN(c2ccc(C(=O)NC3(C(=O)N[C@@H](CCC(=O)NCCNc4cccc5c(S(=O)(=O)O)cccc45)C(=O)N[C@@H](CCCCNC(=O)c4ccc(N=Nc5ccc(N(C)C)cc5)cc4)C(=O)O)CCCCC3)cc2)CC1. The first-order valence-corrected chi connectivity index (χ1v) is 29.2. The maximum absolute atomic E-state index is 14.6. The van der Waals surface area contributed by atoms with E-state index in [0.29, 0.717) is 77.5 Å². The van der Waals surface area contributed by atoms with Crippen LogP contribution in [-0.4, -0.2) is 143 Å². The van der Waals surface area contributed by atoms with Crippen LogP contribution >= 0.6 is 0 Å². The monoisotopic (exact) mass is 1130 g/mol. The maximum atomic E-state index is 14.6. The fourth-order valence-corrected chi connectivity index (χ4v) is 10.8. The number of unbranched alkanes of at least 4 members (excludes halogenated alkanes) is 1. The minimum Gasteiger partial charge on any atom is -0.480 e. The van der Waals surface area contributed by atoms with Crippen molar-refractivity contribution < 1.29 is 46.8 Å². The van der Waals surface area contributed by atoms with Crippen molar-refractivity contribution in [2.45, 2.75) is 100 Å². The first-order chi connectivity index (χ1) is 38.9. The standard InChI is InChI=1S/C59H75N11O10S/c1-4-36-69-37-39-70(40-38-69)46-25-19-42(20-26-46)55(73)65-59(31-7-5-8-32-59)58(77)64-50(29-30-53(71)61-35-34-60-49-15-10-13-48-47(49)12-11-16-52(48)81(78,79)80)56(74)63-51(57(75)76)14-6-9-33-62-54(72)41-17-21-43(22-18-41)66-67-44-23-27-45(28-24-44)68(2)3/h10-13,15-28,50-51,60H,4-9,14,29-40H2,1-3H3,(H,61,71)(H,62,72)(H,63,74)(H,64,77)(H,65,73)(H,75,76)(H,78,79,80)/t50-,51-/m0/s1. The van der Waals surface area contributed by atoms with Crippen LogP contribution in [0.25, 0.3) is 10.8 Å². The summed E-state index contributed by atoms with van der Waals surface area (Å²) in [5, 5.41) is 36.9.